The monoisotopic (exact) mass is 347 g/mol. The molecule has 1 saturated heterocycles. The highest BCUT2D eigenvalue weighted by molar-refractivity contribution is 5.89. The molecule has 134 valence electrons. The van der Waals surface area contributed by atoms with Crippen LogP contribution in [0.3, 0.4) is 0 Å². The number of hydrogen-bond donors (Lipinski definition) is 1. The van der Waals surface area contributed by atoms with Crippen molar-refractivity contribution in [3.8, 4) is 12.3 Å². The summed E-state index contributed by atoms with van der Waals surface area (Å²) in [5, 5.41) is 3.02. The summed E-state index contributed by atoms with van der Waals surface area (Å²) in [5.41, 5.74) is 2.63. The maximum absolute atomic E-state index is 13.0. The molecule has 2 amide bonds. The van der Waals surface area contributed by atoms with E-state index in [0.717, 1.165) is 42.7 Å². The molecule has 2 aromatic rings. The van der Waals surface area contributed by atoms with Crippen LogP contribution in [-0.2, 0) is 6.54 Å². The largest absolute Gasteiger partial charge is 0.322 e. The summed E-state index contributed by atoms with van der Waals surface area (Å²) in [6.45, 7) is 2.63. The molecule has 0 radical (unpaired) electrons. The number of nitrogens with one attached hydrogen (secondary N) is 1. The molecule has 2 aromatic carbocycles. The first-order valence-electron chi connectivity index (χ1n) is 9.02. The Balaban J connectivity index is 1.77. The third kappa shape index (κ3) is 4.65. The summed E-state index contributed by atoms with van der Waals surface area (Å²) < 4.78 is 0. The number of likely N-dealkylation sites (tertiary alicyclic amines) is 1. The summed E-state index contributed by atoms with van der Waals surface area (Å²) in [5.74, 6) is 2.61. The van der Waals surface area contributed by atoms with E-state index < -0.39 is 0 Å². The summed E-state index contributed by atoms with van der Waals surface area (Å²) in [6.07, 6.45) is 7.44. The predicted molar refractivity (Wildman–Crippen MR) is 106 cm³/mol. The first-order chi connectivity index (χ1) is 12.7. The molecule has 1 N–H and O–H groups in total. The maximum Gasteiger partial charge on any atom is 0.322 e. The normalized spacial score (nSPS) is 15.2. The lowest BCUT2D eigenvalue weighted by Gasteiger charge is -2.37. The number of hydrogen-bond acceptors (Lipinski definition) is 2. The predicted octanol–water partition coefficient (Wildman–Crippen LogP) is 3.80. The summed E-state index contributed by atoms with van der Waals surface area (Å²) >= 11 is 0. The second kappa shape index (κ2) is 8.55. The number of terminal acetylenes is 1. The first kappa shape index (κ1) is 18.0. The minimum atomic E-state index is -0.0717. The average Bonchev–Trinajstić information content (AvgIpc) is 2.68. The van der Waals surface area contributed by atoms with Gasteiger partial charge in [-0.1, -0.05) is 42.3 Å². The molecule has 4 heteroatoms. The molecule has 3 rings (SSSR count). The lowest BCUT2D eigenvalue weighted by atomic mass is 10.0. The van der Waals surface area contributed by atoms with Gasteiger partial charge in [-0.3, -0.25) is 0 Å². The van der Waals surface area contributed by atoms with Crippen LogP contribution in [0.4, 0.5) is 10.5 Å². The molecule has 4 nitrogen and oxygen atoms in total. The number of carbonyl (C=O) groups excluding carboxylic acids is 1. The highest BCUT2D eigenvalue weighted by Gasteiger charge is 2.27. The molecule has 0 aliphatic carbocycles. The van der Waals surface area contributed by atoms with Crippen LogP contribution in [0.5, 0.6) is 0 Å². The second-order valence-corrected chi connectivity index (χ2v) is 6.80. The van der Waals surface area contributed by atoms with Crippen molar-refractivity contribution >= 4 is 11.7 Å². The number of benzene rings is 2. The molecule has 0 bridgehead atoms. The van der Waals surface area contributed by atoms with E-state index in [1.807, 2.05) is 47.4 Å². The molecule has 0 aromatic heterocycles. The zero-order valence-electron chi connectivity index (χ0n) is 15.2. The number of urea groups is 1. The number of anilines is 1. The van der Waals surface area contributed by atoms with Crippen LogP contribution in [0, 0.1) is 12.3 Å². The smallest absolute Gasteiger partial charge is 0.317 e. The van der Waals surface area contributed by atoms with E-state index >= 15 is 0 Å². The van der Waals surface area contributed by atoms with Gasteiger partial charge in [0.15, 0.2) is 0 Å². The molecule has 0 spiro atoms. The summed E-state index contributed by atoms with van der Waals surface area (Å²) in [4.78, 5) is 17.3. The van der Waals surface area contributed by atoms with Gasteiger partial charge in [-0.25, -0.2) is 4.79 Å². The summed E-state index contributed by atoms with van der Waals surface area (Å²) in [6, 6.07) is 17.7. The van der Waals surface area contributed by atoms with E-state index in [1.54, 1.807) is 0 Å². The van der Waals surface area contributed by atoms with Crippen molar-refractivity contribution < 1.29 is 4.79 Å². The molecule has 26 heavy (non-hydrogen) atoms. The molecular weight excluding hydrogens is 322 g/mol. The molecular formula is C22H25N3O. The lowest BCUT2D eigenvalue weighted by molar-refractivity contribution is 0.135. The van der Waals surface area contributed by atoms with Gasteiger partial charge in [-0.05, 0) is 56.7 Å². The Morgan fingerprint density at radius 1 is 1.19 bits per heavy atom. The minimum Gasteiger partial charge on any atom is -0.317 e. The molecule has 1 aliphatic rings. The van der Waals surface area contributed by atoms with Crippen molar-refractivity contribution in [2.45, 2.75) is 25.4 Å². The van der Waals surface area contributed by atoms with Gasteiger partial charge in [-0.15, -0.1) is 6.42 Å². The molecule has 1 aliphatic heterocycles. The fourth-order valence-corrected chi connectivity index (χ4v) is 3.34. The van der Waals surface area contributed by atoms with Gasteiger partial charge >= 0.3 is 6.03 Å². The van der Waals surface area contributed by atoms with E-state index in [-0.39, 0.29) is 12.1 Å². The zero-order chi connectivity index (χ0) is 18.4. The van der Waals surface area contributed by atoms with Crippen LogP contribution in [0.1, 0.15) is 24.0 Å². The Morgan fingerprint density at radius 3 is 2.62 bits per heavy atom. The van der Waals surface area contributed by atoms with Gasteiger partial charge in [0.25, 0.3) is 0 Å². The molecule has 1 heterocycles. The van der Waals surface area contributed by atoms with Crippen molar-refractivity contribution in [3.63, 3.8) is 0 Å². The SMILES string of the molecule is C#Cc1cccc(NC(=O)N(Cc2ccccc2)C2CCN(C)CC2)c1. The number of amides is 2. The van der Waals surface area contributed by atoms with Crippen LogP contribution in [0.2, 0.25) is 0 Å². The molecule has 0 unspecified atom stereocenters. The number of rotatable bonds is 4. The Labute approximate surface area is 155 Å². The minimum absolute atomic E-state index is 0.0717. The number of carbonyl (C=O) groups is 1. The van der Waals surface area contributed by atoms with Gasteiger partial charge in [0.1, 0.15) is 0 Å². The Bertz CT molecular complexity index is 773. The zero-order valence-corrected chi connectivity index (χ0v) is 15.2. The Kier molecular flexibility index (Phi) is 5.93. The summed E-state index contributed by atoms with van der Waals surface area (Å²) in [7, 11) is 2.13. The molecule has 0 saturated carbocycles. The van der Waals surface area contributed by atoms with Crippen molar-refractivity contribution in [1.82, 2.24) is 9.80 Å². The molecule has 1 fully saturated rings. The van der Waals surface area contributed by atoms with E-state index in [9.17, 15) is 4.79 Å². The third-order valence-electron chi connectivity index (χ3n) is 4.87. The second-order valence-electron chi connectivity index (χ2n) is 6.80. The lowest BCUT2D eigenvalue weighted by Crippen LogP contribution is -2.47. The van der Waals surface area contributed by atoms with Gasteiger partial charge < -0.3 is 15.1 Å². The van der Waals surface area contributed by atoms with Gasteiger partial charge in [0.05, 0.1) is 0 Å². The number of piperidine rings is 1. The van der Waals surface area contributed by atoms with Gasteiger partial charge in [-0.2, -0.15) is 0 Å². The highest BCUT2D eigenvalue weighted by atomic mass is 16.2. The number of nitrogens with zero attached hydrogens (tertiary/aromatic N) is 2. The fourth-order valence-electron chi connectivity index (χ4n) is 3.34. The van der Waals surface area contributed by atoms with E-state index in [4.69, 9.17) is 6.42 Å². The quantitative estimate of drug-likeness (QED) is 0.854. The molecule has 0 atom stereocenters. The van der Waals surface area contributed by atoms with Gasteiger partial charge in [0.2, 0.25) is 0 Å². The van der Waals surface area contributed by atoms with Crippen molar-refractivity contribution in [2.75, 3.05) is 25.5 Å². The van der Waals surface area contributed by atoms with E-state index in [1.165, 1.54) is 0 Å². The average molecular weight is 347 g/mol. The van der Waals surface area contributed by atoms with Gasteiger partial charge in [0, 0.05) is 23.8 Å². The third-order valence-corrected chi connectivity index (χ3v) is 4.87. The van der Waals surface area contributed by atoms with Crippen molar-refractivity contribution in [1.29, 1.82) is 0 Å². The van der Waals surface area contributed by atoms with Crippen molar-refractivity contribution in [3.05, 3.63) is 65.7 Å². The fraction of sp³-hybridized carbons (Fsp3) is 0.318. The topological polar surface area (TPSA) is 35.6 Å². The van der Waals surface area contributed by atoms with Crippen LogP contribution < -0.4 is 5.32 Å². The highest BCUT2D eigenvalue weighted by Crippen LogP contribution is 2.20. The first-order valence-corrected chi connectivity index (χ1v) is 9.02. The standard InChI is InChI=1S/C22H25N3O/c1-3-18-10-7-11-20(16-18)23-22(26)25(17-19-8-5-4-6-9-19)21-12-14-24(2)15-13-21/h1,4-11,16,21H,12-15,17H2,2H3,(H,23,26). The van der Waals surface area contributed by atoms with Crippen LogP contribution in [0.25, 0.3) is 0 Å². The Hall–Kier alpha value is -2.77. The maximum atomic E-state index is 13.0. The van der Waals surface area contributed by atoms with E-state index in [2.05, 4.69) is 35.3 Å². The van der Waals surface area contributed by atoms with Crippen LogP contribution >= 0.6 is 0 Å². The Morgan fingerprint density at radius 2 is 1.92 bits per heavy atom. The van der Waals surface area contributed by atoms with Crippen LogP contribution in [0.15, 0.2) is 54.6 Å². The van der Waals surface area contributed by atoms with Crippen molar-refractivity contribution in [2.24, 2.45) is 0 Å². The van der Waals surface area contributed by atoms with E-state index in [0.29, 0.717) is 6.54 Å². The van der Waals surface area contributed by atoms with Crippen LogP contribution in [-0.4, -0.2) is 42.0 Å².